The highest BCUT2D eigenvalue weighted by Gasteiger charge is 2.35. The first-order valence-corrected chi connectivity index (χ1v) is 11.6. The second-order valence-electron chi connectivity index (χ2n) is 9.56. The third-order valence-electron chi connectivity index (χ3n) is 5.86. The maximum Gasteiger partial charge on any atom is 0.191 e. The fourth-order valence-electron chi connectivity index (χ4n) is 4.34. The van der Waals surface area contributed by atoms with Crippen molar-refractivity contribution < 1.29 is 4.74 Å². The van der Waals surface area contributed by atoms with Gasteiger partial charge in [-0.05, 0) is 43.2 Å². The Morgan fingerprint density at radius 2 is 2.03 bits per heavy atom. The molecule has 1 fully saturated rings. The van der Waals surface area contributed by atoms with Crippen LogP contribution >= 0.6 is 24.0 Å². The van der Waals surface area contributed by atoms with E-state index in [0.717, 1.165) is 44.4 Å². The molecule has 0 saturated carbocycles. The minimum atomic E-state index is 0. The lowest BCUT2D eigenvalue weighted by Gasteiger charge is -2.40. The maximum absolute atomic E-state index is 6.13. The van der Waals surface area contributed by atoms with Gasteiger partial charge in [-0.25, -0.2) is 9.98 Å². The van der Waals surface area contributed by atoms with E-state index in [9.17, 15) is 0 Å². The lowest BCUT2D eigenvalue weighted by Crippen LogP contribution is -2.47. The minimum absolute atomic E-state index is 0. The zero-order chi connectivity index (χ0) is 22.3. The molecule has 0 spiro atoms. The lowest BCUT2D eigenvalue weighted by molar-refractivity contribution is -0.0835. The van der Waals surface area contributed by atoms with E-state index in [4.69, 9.17) is 9.73 Å². The topological polar surface area (TPSA) is 63.5 Å². The summed E-state index contributed by atoms with van der Waals surface area (Å²) in [5, 5.41) is 6.96. The minimum Gasteiger partial charge on any atom is -0.377 e. The van der Waals surface area contributed by atoms with Crippen LogP contribution in [0.1, 0.15) is 57.5 Å². The number of ether oxygens (including phenoxy) is 1. The van der Waals surface area contributed by atoms with Crippen LogP contribution in [0.15, 0.2) is 41.7 Å². The maximum atomic E-state index is 6.13. The first kappa shape index (κ1) is 26.6. The molecule has 1 aromatic carbocycles. The van der Waals surface area contributed by atoms with Crippen LogP contribution in [-0.2, 0) is 17.8 Å². The largest absolute Gasteiger partial charge is 0.377 e. The van der Waals surface area contributed by atoms with Gasteiger partial charge in [0.2, 0.25) is 0 Å². The monoisotopic (exact) mass is 553 g/mol. The third-order valence-corrected chi connectivity index (χ3v) is 5.86. The Bertz CT molecular complexity index is 858. The number of halogens is 1. The number of aromatic nitrogens is 2. The third kappa shape index (κ3) is 7.76. The van der Waals surface area contributed by atoms with Crippen LogP contribution < -0.4 is 10.6 Å². The van der Waals surface area contributed by atoms with Gasteiger partial charge in [0.05, 0.1) is 12.6 Å². The summed E-state index contributed by atoms with van der Waals surface area (Å²) in [6.07, 6.45) is 6.48. The zero-order valence-corrected chi connectivity index (χ0v) is 22.6. The SMILES string of the molecule is CCNC(=NCc1cccc(Cn2ccnc2C)c1)NCC1CCCOC1C(C)(C)C.I. The van der Waals surface area contributed by atoms with Gasteiger partial charge in [0.25, 0.3) is 0 Å². The summed E-state index contributed by atoms with van der Waals surface area (Å²) in [6, 6.07) is 8.64. The van der Waals surface area contributed by atoms with Crippen LogP contribution in [0.5, 0.6) is 0 Å². The zero-order valence-electron chi connectivity index (χ0n) is 20.2. The van der Waals surface area contributed by atoms with Gasteiger partial charge >= 0.3 is 0 Å². The van der Waals surface area contributed by atoms with Gasteiger partial charge in [-0.3, -0.25) is 0 Å². The van der Waals surface area contributed by atoms with Gasteiger partial charge in [-0.2, -0.15) is 0 Å². The summed E-state index contributed by atoms with van der Waals surface area (Å²) >= 11 is 0. The molecule has 0 aliphatic carbocycles. The smallest absolute Gasteiger partial charge is 0.191 e. The van der Waals surface area contributed by atoms with E-state index in [1.165, 1.54) is 17.5 Å². The van der Waals surface area contributed by atoms with Gasteiger partial charge < -0.3 is 19.9 Å². The Balaban J connectivity index is 0.00000363. The van der Waals surface area contributed by atoms with Crippen molar-refractivity contribution in [2.45, 2.75) is 66.7 Å². The van der Waals surface area contributed by atoms with Crippen molar-refractivity contribution >= 4 is 29.9 Å². The normalized spacial score (nSPS) is 19.3. The van der Waals surface area contributed by atoms with Gasteiger partial charge in [-0.1, -0.05) is 45.0 Å². The van der Waals surface area contributed by atoms with E-state index in [2.05, 4.69) is 72.1 Å². The molecular formula is C25H40IN5O. The van der Waals surface area contributed by atoms with Crippen LogP contribution in [0.4, 0.5) is 0 Å². The van der Waals surface area contributed by atoms with E-state index >= 15 is 0 Å². The van der Waals surface area contributed by atoms with Crippen molar-refractivity contribution in [3.05, 3.63) is 53.6 Å². The van der Waals surface area contributed by atoms with Crippen molar-refractivity contribution in [2.24, 2.45) is 16.3 Å². The molecule has 1 aromatic heterocycles. The van der Waals surface area contributed by atoms with Crippen molar-refractivity contribution in [1.29, 1.82) is 0 Å². The molecule has 3 rings (SSSR count). The van der Waals surface area contributed by atoms with Crippen molar-refractivity contribution in [3.8, 4) is 0 Å². The molecule has 2 aromatic rings. The summed E-state index contributed by atoms with van der Waals surface area (Å²) in [6.45, 7) is 15.0. The molecule has 7 heteroatoms. The van der Waals surface area contributed by atoms with Crippen LogP contribution in [0.3, 0.4) is 0 Å². The molecule has 6 nitrogen and oxygen atoms in total. The summed E-state index contributed by atoms with van der Waals surface area (Å²) in [5.74, 6) is 2.40. The number of rotatable bonds is 7. The molecule has 2 atom stereocenters. The molecule has 0 radical (unpaired) electrons. The first-order valence-electron chi connectivity index (χ1n) is 11.6. The molecule has 1 aliphatic rings. The molecule has 2 unspecified atom stereocenters. The van der Waals surface area contributed by atoms with Crippen LogP contribution in [0.2, 0.25) is 0 Å². The predicted octanol–water partition coefficient (Wildman–Crippen LogP) is 4.75. The molecule has 2 N–H and O–H groups in total. The van der Waals surface area contributed by atoms with Crippen LogP contribution in [0, 0.1) is 18.3 Å². The molecular weight excluding hydrogens is 513 g/mol. The van der Waals surface area contributed by atoms with Crippen molar-refractivity contribution in [1.82, 2.24) is 20.2 Å². The van der Waals surface area contributed by atoms with Gasteiger partial charge in [0.1, 0.15) is 5.82 Å². The van der Waals surface area contributed by atoms with Crippen molar-refractivity contribution in [3.63, 3.8) is 0 Å². The molecule has 1 saturated heterocycles. The number of hydrogen-bond donors (Lipinski definition) is 2. The highest BCUT2D eigenvalue weighted by molar-refractivity contribution is 14.0. The number of aliphatic imine (C=N–C) groups is 1. The summed E-state index contributed by atoms with van der Waals surface area (Å²) in [5.41, 5.74) is 2.62. The van der Waals surface area contributed by atoms with E-state index in [1.807, 2.05) is 19.3 Å². The number of nitrogens with zero attached hydrogens (tertiary/aromatic N) is 3. The number of hydrogen-bond acceptors (Lipinski definition) is 3. The fourth-order valence-corrected chi connectivity index (χ4v) is 4.34. The van der Waals surface area contributed by atoms with Gasteiger partial charge in [0.15, 0.2) is 5.96 Å². The number of nitrogens with one attached hydrogen (secondary N) is 2. The standard InChI is InChI=1S/C25H39N5O.HI/c1-6-26-24(29-17-22-11-8-14-31-23(22)25(3,4)5)28-16-20-9-7-10-21(15-20)18-30-13-12-27-19(30)2;/h7,9-10,12-13,15,22-23H,6,8,11,14,16-18H2,1-5H3,(H2,26,28,29);1H. The second-order valence-corrected chi connectivity index (χ2v) is 9.56. The summed E-state index contributed by atoms with van der Waals surface area (Å²) in [7, 11) is 0. The van der Waals surface area contributed by atoms with Crippen LogP contribution in [0.25, 0.3) is 0 Å². The van der Waals surface area contributed by atoms with E-state index in [-0.39, 0.29) is 35.5 Å². The summed E-state index contributed by atoms with van der Waals surface area (Å²) in [4.78, 5) is 9.16. The van der Waals surface area contributed by atoms with E-state index in [1.54, 1.807) is 0 Å². The van der Waals surface area contributed by atoms with E-state index in [0.29, 0.717) is 12.5 Å². The number of imidazole rings is 1. The summed E-state index contributed by atoms with van der Waals surface area (Å²) < 4.78 is 8.29. The Morgan fingerprint density at radius 1 is 1.25 bits per heavy atom. The Morgan fingerprint density at radius 3 is 2.72 bits per heavy atom. The molecule has 0 bridgehead atoms. The average molecular weight is 554 g/mol. The molecule has 0 amide bonds. The fraction of sp³-hybridized carbons (Fsp3) is 0.600. The second kappa shape index (κ2) is 12.6. The lowest BCUT2D eigenvalue weighted by atomic mass is 9.78. The predicted molar refractivity (Wildman–Crippen MR) is 143 cm³/mol. The highest BCUT2D eigenvalue weighted by Crippen LogP contribution is 2.33. The Labute approximate surface area is 210 Å². The molecule has 178 valence electrons. The average Bonchev–Trinajstić information content (AvgIpc) is 3.14. The van der Waals surface area contributed by atoms with Crippen LogP contribution in [-0.4, -0.2) is 41.3 Å². The quantitative estimate of drug-likeness (QED) is 0.295. The van der Waals surface area contributed by atoms with Gasteiger partial charge in [-0.15, -0.1) is 24.0 Å². The van der Waals surface area contributed by atoms with E-state index < -0.39 is 0 Å². The van der Waals surface area contributed by atoms with Crippen molar-refractivity contribution in [2.75, 3.05) is 19.7 Å². The molecule has 1 aliphatic heterocycles. The Kier molecular flexibility index (Phi) is 10.5. The number of aryl methyl sites for hydroxylation is 1. The first-order chi connectivity index (χ1) is 14.9. The molecule has 32 heavy (non-hydrogen) atoms. The highest BCUT2D eigenvalue weighted by atomic mass is 127. The van der Waals surface area contributed by atoms with Gasteiger partial charge in [0, 0.05) is 44.6 Å². The number of benzene rings is 1. The number of guanidine groups is 1. The molecule has 2 heterocycles. The Hall–Kier alpha value is -1.61.